The van der Waals surface area contributed by atoms with Crippen LogP contribution in [0.3, 0.4) is 0 Å². The van der Waals surface area contributed by atoms with E-state index in [4.69, 9.17) is 31.2 Å². The number of thioether (sulfide) groups is 1. The van der Waals surface area contributed by atoms with Crippen molar-refractivity contribution in [2.24, 2.45) is 10.9 Å². The van der Waals surface area contributed by atoms with E-state index >= 15 is 0 Å². The number of hydrogen-bond acceptors (Lipinski definition) is 8. The fourth-order valence-electron chi connectivity index (χ4n) is 4.49. The average molecular weight is 576 g/mol. The van der Waals surface area contributed by atoms with Gasteiger partial charge in [0.2, 0.25) is 0 Å². The summed E-state index contributed by atoms with van der Waals surface area (Å²) in [7, 11) is 0. The molecule has 0 amide bonds. The van der Waals surface area contributed by atoms with Crippen molar-refractivity contribution in [3.8, 4) is 0 Å². The van der Waals surface area contributed by atoms with Gasteiger partial charge in [0.25, 0.3) is 0 Å². The van der Waals surface area contributed by atoms with E-state index in [-0.39, 0.29) is 29.8 Å². The number of amidine groups is 1. The number of nitrogens with one attached hydrogen (secondary N) is 1. The number of allylic oxidation sites excluding steroid dienone is 2. The number of carboxylic acid groups (broad SMARTS) is 1. The lowest BCUT2D eigenvalue weighted by atomic mass is 9.94. The molecule has 2 N–H and O–H groups in total. The summed E-state index contributed by atoms with van der Waals surface area (Å²) >= 11 is 8.02. The van der Waals surface area contributed by atoms with Gasteiger partial charge in [0, 0.05) is 40.4 Å². The van der Waals surface area contributed by atoms with Crippen molar-refractivity contribution in [3.05, 3.63) is 80.5 Å². The Kier molecular flexibility index (Phi) is 10.0. The van der Waals surface area contributed by atoms with E-state index in [0.717, 1.165) is 17.4 Å². The van der Waals surface area contributed by atoms with Crippen LogP contribution in [-0.4, -0.2) is 66.7 Å². The van der Waals surface area contributed by atoms with Crippen LogP contribution in [0.15, 0.2) is 69.1 Å². The van der Waals surface area contributed by atoms with E-state index in [2.05, 4.69) is 24.4 Å². The standard InChI is InChI=1S/C28H31ClFN3O5S/c1-3-38-28(36)25-22(15-33-11-12-37-16-19(33)6-9-24(34)35)31-27(23-8-4-17(2)10-13-39-23)32-26(25)20-7-5-18(30)14-21(20)29/h5-10,13-14,17,19,26H,3-4,11-12,15-16H2,1-2H3,(H,31,32)(H,34,35)/b9-6+/t17?,19?,26-/m0/s1. The molecule has 3 heterocycles. The largest absolute Gasteiger partial charge is 0.478 e. The molecular weight excluding hydrogens is 545 g/mol. The molecule has 39 heavy (non-hydrogen) atoms. The monoisotopic (exact) mass is 575 g/mol. The number of esters is 1. The van der Waals surface area contributed by atoms with E-state index in [9.17, 15) is 14.0 Å². The van der Waals surface area contributed by atoms with E-state index in [1.807, 2.05) is 10.3 Å². The van der Waals surface area contributed by atoms with E-state index in [1.165, 1.54) is 30.0 Å². The zero-order valence-corrected chi connectivity index (χ0v) is 23.3. The highest BCUT2D eigenvalue weighted by Gasteiger charge is 2.35. The minimum Gasteiger partial charge on any atom is -0.478 e. The van der Waals surface area contributed by atoms with Gasteiger partial charge in [0.15, 0.2) is 0 Å². The van der Waals surface area contributed by atoms with Crippen molar-refractivity contribution in [2.45, 2.75) is 32.4 Å². The summed E-state index contributed by atoms with van der Waals surface area (Å²) in [6, 6.07) is 2.87. The third kappa shape index (κ3) is 7.39. The third-order valence-electron chi connectivity index (χ3n) is 6.49. The number of carbonyl (C=O) groups is 2. The van der Waals surface area contributed by atoms with Crippen LogP contribution in [0.4, 0.5) is 4.39 Å². The highest BCUT2D eigenvalue weighted by Crippen LogP contribution is 2.38. The summed E-state index contributed by atoms with van der Waals surface area (Å²) in [5.74, 6) is -1.18. The Morgan fingerprint density at radius 1 is 1.41 bits per heavy atom. The number of rotatable bonds is 8. The molecular formula is C28H31ClFN3O5S. The normalized spacial score (nSPS) is 24.2. The molecule has 11 heteroatoms. The molecule has 1 aromatic rings. The fraction of sp³-hybridized carbons (Fsp3) is 0.393. The van der Waals surface area contributed by atoms with E-state index < -0.39 is 23.8 Å². The first-order chi connectivity index (χ1) is 18.8. The first-order valence-corrected chi connectivity index (χ1v) is 14.0. The molecule has 0 spiro atoms. The summed E-state index contributed by atoms with van der Waals surface area (Å²) in [5.41, 5.74) is 1.30. The Labute approximate surface area is 236 Å². The van der Waals surface area contributed by atoms with E-state index in [1.54, 1.807) is 13.0 Å². The maximum absolute atomic E-state index is 14.0. The molecule has 0 aromatic heterocycles. The van der Waals surface area contributed by atoms with Gasteiger partial charge < -0.3 is 19.9 Å². The van der Waals surface area contributed by atoms with Gasteiger partial charge in [-0.15, -0.1) is 0 Å². The van der Waals surface area contributed by atoms with Gasteiger partial charge in [-0.3, -0.25) is 9.89 Å². The highest BCUT2D eigenvalue weighted by atomic mass is 35.5. The number of carbonyl (C=O) groups excluding carboxylic acids is 1. The Morgan fingerprint density at radius 2 is 2.23 bits per heavy atom. The van der Waals surface area contributed by atoms with Crippen molar-refractivity contribution in [2.75, 3.05) is 32.9 Å². The van der Waals surface area contributed by atoms with Gasteiger partial charge in [-0.25, -0.2) is 14.0 Å². The van der Waals surface area contributed by atoms with Gasteiger partial charge in [-0.1, -0.05) is 54.6 Å². The molecule has 1 saturated heterocycles. The van der Waals surface area contributed by atoms with Gasteiger partial charge >= 0.3 is 11.9 Å². The summed E-state index contributed by atoms with van der Waals surface area (Å²) in [6.07, 6.45) is 7.71. The SMILES string of the molecule is CCOC(=O)C1=C(CN2CCOCC2/C=C/C(=O)O)NC(C2=CCC(C)C=CS2)=N[C@H]1c1ccc(F)cc1Cl. The average Bonchev–Trinajstić information content (AvgIpc) is 3.12. The number of carboxylic acids is 1. The third-order valence-corrected chi connectivity index (χ3v) is 7.73. The maximum Gasteiger partial charge on any atom is 0.338 e. The Bertz CT molecular complexity index is 1260. The number of halogens is 2. The first kappa shape index (κ1) is 29.1. The Hall–Kier alpha value is -2.92. The number of ether oxygens (including phenoxy) is 2. The molecule has 2 unspecified atom stereocenters. The molecule has 0 saturated carbocycles. The Morgan fingerprint density at radius 3 is 2.97 bits per heavy atom. The minimum absolute atomic E-state index is 0.149. The zero-order valence-electron chi connectivity index (χ0n) is 21.7. The molecule has 8 nitrogen and oxygen atoms in total. The number of benzene rings is 1. The van der Waals surface area contributed by atoms with Gasteiger partial charge in [-0.05, 0) is 36.8 Å². The number of morpholine rings is 1. The summed E-state index contributed by atoms with van der Waals surface area (Å²) in [4.78, 5) is 32.4. The molecule has 1 aromatic carbocycles. The van der Waals surface area contributed by atoms with Crippen molar-refractivity contribution in [3.63, 3.8) is 0 Å². The molecule has 3 atom stereocenters. The van der Waals surface area contributed by atoms with Crippen LogP contribution >= 0.6 is 23.4 Å². The second kappa shape index (κ2) is 13.4. The van der Waals surface area contributed by atoms with E-state index in [0.29, 0.717) is 42.8 Å². The smallest absolute Gasteiger partial charge is 0.338 e. The summed E-state index contributed by atoms with van der Waals surface area (Å²) < 4.78 is 25.0. The molecule has 4 rings (SSSR count). The summed E-state index contributed by atoms with van der Waals surface area (Å²) in [6.45, 7) is 5.55. The van der Waals surface area contributed by atoms with Crippen molar-refractivity contribution in [1.29, 1.82) is 0 Å². The molecule has 0 radical (unpaired) electrons. The van der Waals surface area contributed by atoms with Crippen LogP contribution in [0.2, 0.25) is 5.02 Å². The van der Waals surface area contributed by atoms with Crippen LogP contribution < -0.4 is 5.32 Å². The lowest BCUT2D eigenvalue weighted by Gasteiger charge is -2.36. The van der Waals surface area contributed by atoms with Crippen LogP contribution in [0.1, 0.15) is 31.9 Å². The van der Waals surface area contributed by atoms with Crippen molar-refractivity contribution >= 4 is 41.1 Å². The van der Waals surface area contributed by atoms with Crippen LogP contribution in [0, 0.1) is 11.7 Å². The van der Waals surface area contributed by atoms with Crippen molar-refractivity contribution < 1.29 is 28.6 Å². The van der Waals surface area contributed by atoms with Crippen molar-refractivity contribution in [1.82, 2.24) is 10.2 Å². The molecule has 1 fully saturated rings. The predicted molar refractivity (Wildman–Crippen MR) is 150 cm³/mol. The number of aliphatic imine (C=N–C) groups is 1. The summed E-state index contributed by atoms with van der Waals surface area (Å²) in [5, 5.41) is 14.7. The predicted octanol–water partition coefficient (Wildman–Crippen LogP) is 4.85. The van der Waals surface area contributed by atoms with Crippen LogP contribution in [-0.2, 0) is 19.1 Å². The quantitative estimate of drug-likeness (QED) is 0.335. The molecule has 0 aliphatic carbocycles. The second-order valence-electron chi connectivity index (χ2n) is 9.32. The minimum atomic E-state index is -1.05. The Balaban J connectivity index is 1.81. The van der Waals surface area contributed by atoms with Gasteiger partial charge in [-0.2, -0.15) is 0 Å². The lowest BCUT2D eigenvalue weighted by Crippen LogP contribution is -2.48. The van der Waals surface area contributed by atoms with Crippen LogP contribution in [0.25, 0.3) is 0 Å². The molecule has 3 aliphatic heterocycles. The fourth-order valence-corrected chi connectivity index (χ4v) is 5.66. The first-order valence-electron chi connectivity index (χ1n) is 12.7. The second-order valence-corrected chi connectivity index (χ2v) is 10.7. The lowest BCUT2D eigenvalue weighted by molar-refractivity contribution is -0.139. The maximum atomic E-state index is 14.0. The topological polar surface area (TPSA) is 100 Å². The zero-order chi connectivity index (χ0) is 27.9. The van der Waals surface area contributed by atoms with Crippen LogP contribution in [0.5, 0.6) is 0 Å². The van der Waals surface area contributed by atoms with Gasteiger partial charge in [0.1, 0.15) is 17.7 Å². The van der Waals surface area contributed by atoms with Gasteiger partial charge in [0.05, 0.1) is 31.4 Å². The molecule has 3 aliphatic rings. The molecule has 0 bridgehead atoms. The molecule has 208 valence electrons. The number of hydrogen-bond donors (Lipinski definition) is 2. The number of nitrogens with zero attached hydrogens (tertiary/aromatic N) is 2. The highest BCUT2D eigenvalue weighted by molar-refractivity contribution is 8.06. The number of aliphatic carboxylic acids is 1.